The lowest BCUT2D eigenvalue weighted by Gasteiger charge is -2.14. The number of hydrogen-bond donors (Lipinski definition) is 1. The molecule has 15 heavy (non-hydrogen) atoms. The molecule has 1 N–H and O–H groups in total. The molecule has 0 radical (unpaired) electrons. The topological polar surface area (TPSA) is 24.9 Å². The molecule has 1 atom stereocenters. The summed E-state index contributed by atoms with van der Waals surface area (Å²) in [5.74, 6) is 0.778. The Morgan fingerprint density at radius 3 is 3.20 bits per heavy atom. The van der Waals surface area contributed by atoms with Gasteiger partial charge in [0.25, 0.3) is 0 Å². The fourth-order valence-corrected chi connectivity index (χ4v) is 2.37. The summed E-state index contributed by atoms with van der Waals surface area (Å²) in [5, 5.41) is 4.25. The lowest BCUT2D eigenvalue weighted by molar-refractivity contribution is 0.470. The normalized spacial score (nSPS) is 22.3. The van der Waals surface area contributed by atoms with Crippen molar-refractivity contribution >= 4 is 11.6 Å². The third-order valence-corrected chi connectivity index (χ3v) is 3.40. The molecule has 0 saturated carbocycles. The predicted octanol–water partition coefficient (Wildman–Crippen LogP) is 2.67. The summed E-state index contributed by atoms with van der Waals surface area (Å²) in [6.07, 6.45) is 8.53. The minimum Gasteiger partial charge on any atom is -0.317 e. The molecular formula is C12H17ClN2. The van der Waals surface area contributed by atoms with E-state index in [-0.39, 0.29) is 0 Å². The molecule has 1 fully saturated rings. The summed E-state index contributed by atoms with van der Waals surface area (Å²) in [6.45, 7) is 2.31. The van der Waals surface area contributed by atoms with Gasteiger partial charge in [0.1, 0.15) is 0 Å². The van der Waals surface area contributed by atoms with Gasteiger partial charge in [0.15, 0.2) is 0 Å². The van der Waals surface area contributed by atoms with E-state index < -0.39 is 0 Å². The van der Waals surface area contributed by atoms with E-state index in [0.29, 0.717) is 0 Å². The second kappa shape index (κ2) is 5.47. The zero-order valence-electron chi connectivity index (χ0n) is 8.88. The second-order valence-corrected chi connectivity index (χ2v) is 4.63. The molecule has 0 aliphatic carbocycles. The highest BCUT2D eigenvalue weighted by Gasteiger charge is 2.13. The van der Waals surface area contributed by atoms with Gasteiger partial charge in [-0.15, -0.1) is 0 Å². The van der Waals surface area contributed by atoms with E-state index in [1.807, 2.05) is 12.3 Å². The van der Waals surface area contributed by atoms with Crippen LogP contribution in [0.1, 0.15) is 24.8 Å². The molecular weight excluding hydrogens is 208 g/mol. The standard InChI is InChI=1S/C12H17ClN2/c13-12-9-15-7-4-11(12)8-10-2-1-5-14-6-3-10/h4,7,9-10,14H,1-3,5-6,8H2. The fraction of sp³-hybridized carbons (Fsp3) is 0.583. The zero-order chi connectivity index (χ0) is 10.5. The summed E-state index contributed by atoms with van der Waals surface area (Å²) < 4.78 is 0. The van der Waals surface area contributed by atoms with Crippen molar-refractivity contribution in [3.8, 4) is 0 Å². The molecule has 82 valence electrons. The lowest BCUT2D eigenvalue weighted by atomic mass is 9.93. The molecule has 1 aliphatic heterocycles. The maximum atomic E-state index is 6.11. The molecule has 0 bridgehead atoms. The van der Waals surface area contributed by atoms with Crippen molar-refractivity contribution in [1.82, 2.24) is 10.3 Å². The van der Waals surface area contributed by atoms with Gasteiger partial charge in [-0.05, 0) is 56.3 Å². The van der Waals surface area contributed by atoms with Crippen molar-refractivity contribution in [1.29, 1.82) is 0 Å². The number of nitrogens with zero attached hydrogens (tertiary/aromatic N) is 1. The van der Waals surface area contributed by atoms with Gasteiger partial charge < -0.3 is 5.32 Å². The number of nitrogens with one attached hydrogen (secondary N) is 1. The van der Waals surface area contributed by atoms with Crippen molar-refractivity contribution in [3.05, 3.63) is 29.0 Å². The Morgan fingerprint density at radius 2 is 2.33 bits per heavy atom. The van der Waals surface area contributed by atoms with Crippen molar-refractivity contribution in [3.63, 3.8) is 0 Å². The Kier molecular flexibility index (Phi) is 3.98. The van der Waals surface area contributed by atoms with Crippen LogP contribution in [0.5, 0.6) is 0 Å². The summed E-state index contributed by atoms with van der Waals surface area (Å²) >= 11 is 6.11. The molecule has 1 aliphatic rings. The molecule has 2 nitrogen and oxygen atoms in total. The van der Waals surface area contributed by atoms with Gasteiger partial charge in [0.05, 0.1) is 5.02 Å². The minimum atomic E-state index is 0.778. The summed E-state index contributed by atoms with van der Waals surface area (Å²) in [4.78, 5) is 4.01. The van der Waals surface area contributed by atoms with Crippen LogP contribution in [0, 0.1) is 5.92 Å². The Hall–Kier alpha value is -0.600. The first kappa shape index (κ1) is 10.9. The monoisotopic (exact) mass is 224 g/mol. The summed E-state index contributed by atoms with van der Waals surface area (Å²) in [7, 11) is 0. The average Bonchev–Trinajstić information content (AvgIpc) is 2.50. The summed E-state index contributed by atoms with van der Waals surface area (Å²) in [6, 6.07) is 2.04. The van der Waals surface area contributed by atoms with Crippen LogP contribution in [0.3, 0.4) is 0 Å². The van der Waals surface area contributed by atoms with Crippen LogP contribution >= 0.6 is 11.6 Å². The summed E-state index contributed by atoms with van der Waals surface area (Å²) in [5.41, 5.74) is 1.25. The van der Waals surface area contributed by atoms with E-state index in [0.717, 1.165) is 23.9 Å². The second-order valence-electron chi connectivity index (χ2n) is 4.22. The number of pyridine rings is 1. The molecule has 1 saturated heterocycles. The van der Waals surface area contributed by atoms with Gasteiger partial charge in [-0.3, -0.25) is 4.98 Å². The molecule has 1 aromatic heterocycles. The third-order valence-electron chi connectivity index (χ3n) is 3.06. The Labute approximate surface area is 96.1 Å². The molecule has 3 heteroatoms. The third kappa shape index (κ3) is 3.18. The highest BCUT2D eigenvalue weighted by molar-refractivity contribution is 6.31. The van der Waals surface area contributed by atoms with E-state index in [1.54, 1.807) is 6.20 Å². The minimum absolute atomic E-state index is 0.778. The van der Waals surface area contributed by atoms with Crippen LogP contribution in [0.2, 0.25) is 5.02 Å². The molecule has 0 amide bonds. The SMILES string of the molecule is Clc1cnccc1CC1CCCNCC1. The molecule has 1 unspecified atom stereocenters. The van der Waals surface area contributed by atoms with Crippen LogP contribution in [0.25, 0.3) is 0 Å². The van der Waals surface area contributed by atoms with Gasteiger partial charge in [-0.2, -0.15) is 0 Å². The van der Waals surface area contributed by atoms with E-state index in [1.165, 1.54) is 31.4 Å². The van der Waals surface area contributed by atoms with E-state index in [4.69, 9.17) is 11.6 Å². The van der Waals surface area contributed by atoms with E-state index >= 15 is 0 Å². The molecule has 2 heterocycles. The van der Waals surface area contributed by atoms with Gasteiger partial charge in [-0.25, -0.2) is 0 Å². The molecule has 2 rings (SSSR count). The largest absolute Gasteiger partial charge is 0.317 e. The van der Waals surface area contributed by atoms with Crippen LogP contribution in [-0.2, 0) is 6.42 Å². The van der Waals surface area contributed by atoms with Crippen LogP contribution < -0.4 is 5.32 Å². The van der Waals surface area contributed by atoms with Crippen LogP contribution in [0.4, 0.5) is 0 Å². The molecule has 0 spiro atoms. The smallest absolute Gasteiger partial charge is 0.0621 e. The number of rotatable bonds is 2. The maximum absolute atomic E-state index is 6.11. The van der Waals surface area contributed by atoms with Gasteiger partial charge >= 0.3 is 0 Å². The fourth-order valence-electron chi connectivity index (χ4n) is 2.18. The maximum Gasteiger partial charge on any atom is 0.0621 e. The van der Waals surface area contributed by atoms with Crippen LogP contribution in [-0.4, -0.2) is 18.1 Å². The zero-order valence-corrected chi connectivity index (χ0v) is 9.63. The highest BCUT2D eigenvalue weighted by Crippen LogP contribution is 2.23. The quantitative estimate of drug-likeness (QED) is 0.836. The molecule has 0 aromatic carbocycles. The molecule has 1 aromatic rings. The Bertz CT molecular complexity index is 306. The van der Waals surface area contributed by atoms with Gasteiger partial charge in [0, 0.05) is 12.4 Å². The first-order chi connectivity index (χ1) is 7.36. The number of hydrogen-bond acceptors (Lipinski definition) is 2. The van der Waals surface area contributed by atoms with E-state index in [9.17, 15) is 0 Å². The van der Waals surface area contributed by atoms with Gasteiger partial charge in [0.2, 0.25) is 0 Å². The predicted molar refractivity (Wildman–Crippen MR) is 63.2 cm³/mol. The van der Waals surface area contributed by atoms with Crippen molar-refractivity contribution in [2.24, 2.45) is 5.92 Å². The number of aromatic nitrogens is 1. The highest BCUT2D eigenvalue weighted by atomic mass is 35.5. The first-order valence-electron chi connectivity index (χ1n) is 5.65. The first-order valence-corrected chi connectivity index (χ1v) is 6.03. The van der Waals surface area contributed by atoms with Crippen molar-refractivity contribution < 1.29 is 0 Å². The Balaban J connectivity index is 1.98. The van der Waals surface area contributed by atoms with E-state index in [2.05, 4.69) is 10.3 Å². The Morgan fingerprint density at radius 1 is 1.40 bits per heavy atom. The van der Waals surface area contributed by atoms with Gasteiger partial charge in [-0.1, -0.05) is 11.6 Å². The lowest BCUT2D eigenvalue weighted by Crippen LogP contribution is -2.14. The van der Waals surface area contributed by atoms with Crippen molar-refractivity contribution in [2.75, 3.05) is 13.1 Å². The number of halogens is 1. The van der Waals surface area contributed by atoms with Crippen LogP contribution in [0.15, 0.2) is 18.5 Å². The average molecular weight is 225 g/mol. The van der Waals surface area contributed by atoms with Crippen molar-refractivity contribution in [2.45, 2.75) is 25.7 Å².